The molecule has 8 nitrogen and oxygen atoms in total. The third kappa shape index (κ3) is 4.44. The third-order valence-electron chi connectivity index (χ3n) is 4.52. The van der Waals surface area contributed by atoms with Gasteiger partial charge in [0.1, 0.15) is 11.4 Å². The molecular weight excluding hydrogens is 445 g/mol. The van der Waals surface area contributed by atoms with Crippen molar-refractivity contribution < 1.29 is 22.4 Å². The van der Waals surface area contributed by atoms with Gasteiger partial charge in [-0.2, -0.15) is 22.8 Å². The number of ether oxygens (including phenoxy) is 1. The number of aromatic nitrogens is 6. The number of thioether (sulfide) groups is 1. The Hall–Kier alpha value is -3.41. The van der Waals surface area contributed by atoms with Crippen LogP contribution in [0.15, 0.2) is 52.1 Å². The summed E-state index contributed by atoms with van der Waals surface area (Å²) in [4.78, 5) is 4.27. The van der Waals surface area contributed by atoms with Gasteiger partial charge in [0.05, 0.1) is 17.9 Å². The zero-order valence-electron chi connectivity index (χ0n) is 17.2. The van der Waals surface area contributed by atoms with Gasteiger partial charge in [0.25, 0.3) is 0 Å². The van der Waals surface area contributed by atoms with Crippen LogP contribution in [0, 0.1) is 6.92 Å². The zero-order valence-corrected chi connectivity index (χ0v) is 18.0. The SMILES string of the molecule is COc1ccc(C)cc1-n1nnnc1SC(C)c1nc(-c2cccc(C(F)(F)F)c2)no1. The fraction of sp³-hybridized carbons (Fsp3) is 0.250. The van der Waals surface area contributed by atoms with E-state index in [2.05, 4.69) is 25.7 Å². The Balaban J connectivity index is 1.58. The Kier molecular flexibility index (Phi) is 5.87. The van der Waals surface area contributed by atoms with Crippen molar-refractivity contribution in [2.45, 2.75) is 30.4 Å². The van der Waals surface area contributed by atoms with E-state index >= 15 is 0 Å². The van der Waals surface area contributed by atoms with Crippen molar-refractivity contribution in [2.24, 2.45) is 0 Å². The smallest absolute Gasteiger partial charge is 0.416 e. The standard InChI is InChI=1S/C20H17F3N6O2S/c1-11-7-8-16(30-3)15(9-11)29-19(25-27-28-29)32-12(2)18-24-17(26-31-18)13-5-4-6-14(10-13)20(21,22)23/h4-10,12H,1-3H3. The van der Waals surface area contributed by atoms with Crippen molar-refractivity contribution >= 4 is 11.8 Å². The molecule has 2 aromatic carbocycles. The van der Waals surface area contributed by atoms with Gasteiger partial charge in [-0.3, -0.25) is 0 Å². The highest BCUT2D eigenvalue weighted by atomic mass is 32.2. The molecule has 0 aliphatic carbocycles. The summed E-state index contributed by atoms with van der Waals surface area (Å²) in [5.74, 6) is 0.897. The van der Waals surface area contributed by atoms with Crippen LogP contribution in [0.4, 0.5) is 13.2 Å². The summed E-state index contributed by atoms with van der Waals surface area (Å²) < 4.78 is 51.2. The molecule has 2 heterocycles. The first-order chi connectivity index (χ1) is 15.3. The molecule has 0 bridgehead atoms. The Labute approximate surface area is 184 Å². The molecule has 0 aliphatic rings. The molecule has 166 valence electrons. The molecule has 2 aromatic heterocycles. The number of hydrogen-bond acceptors (Lipinski definition) is 8. The maximum atomic E-state index is 13.0. The molecule has 4 aromatic rings. The van der Waals surface area contributed by atoms with E-state index in [0.29, 0.717) is 16.6 Å². The minimum Gasteiger partial charge on any atom is -0.494 e. The summed E-state index contributed by atoms with van der Waals surface area (Å²) in [6, 6.07) is 10.4. The lowest BCUT2D eigenvalue weighted by atomic mass is 10.1. The van der Waals surface area contributed by atoms with Gasteiger partial charge >= 0.3 is 6.18 Å². The Morgan fingerprint density at radius 1 is 1.16 bits per heavy atom. The Bertz CT molecular complexity index is 1240. The highest BCUT2D eigenvalue weighted by molar-refractivity contribution is 7.99. The van der Waals surface area contributed by atoms with Crippen LogP contribution >= 0.6 is 11.8 Å². The Morgan fingerprint density at radius 3 is 2.72 bits per heavy atom. The Morgan fingerprint density at radius 2 is 1.97 bits per heavy atom. The van der Waals surface area contributed by atoms with Gasteiger partial charge < -0.3 is 9.26 Å². The fourth-order valence-electron chi connectivity index (χ4n) is 2.93. The number of hydrogen-bond donors (Lipinski definition) is 0. The number of benzene rings is 2. The van der Waals surface area contributed by atoms with Crippen molar-refractivity contribution in [1.29, 1.82) is 0 Å². The van der Waals surface area contributed by atoms with E-state index in [-0.39, 0.29) is 22.5 Å². The van der Waals surface area contributed by atoms with Crippen LogP contribution in [0.25, 0.3) is 17.1 Å². The summed E-state index contributed by atoms with van der Waals surface area (Å²) in [6.07, 6.45) is -4.46. The predicted octanol–water partition coefficient (Wildman–Crippen LogP) is 4.90. The molecule has 32 heavy (non-hydrogen) atoms. The van der Waals surface area contributed by atoms with Crippen molar-refractivity contribution in [3.05, 3.63) is 59.5 Å². The number of methoxy groups -OCH3 is 1. The van der Waals surface area contributed by atoms with Crippen LogP contribution in [-0.2, 0) is 6.18 Å². The summed E-state index contributed by atoms with van der Waals surface area (Å²) in [5.41, 5.74) is 1.10. The number of nitrogens with zero attached hydrogens (tertiary/aromatic N) is 6. The quantitative estimate of drug-likeness (QED) is 0.374. The first-order valence-corrected chi connectivity index (χ1v) is 10.3. The van der Waals surface area contributed by atoms with Crippen LogP contribution in [0.3, 0.4) is 0 Å². The van der Waals surface area contributed by atoms with E-state index in [0.717, 1.165) is 17.7 Å². The number of tetrazole rings is 1. The minimum atomic E-state index is -4.46. The molecule has 0 fully saturated rings. The van der Waals surface area contributed by atoms with Crippen LogP contribution in [-0.4, -0.2) is 37.5 Å². The van der Waals surface area contributed by atoms with E-state index in [4.69, 9.17) is 9.26 Å². The highest BCUT2D eigenvalue weighted by Gasteiger charge is 2.31. The van der Waals surface area contributed by atoms with Gasteiger partial charge in [-0.25, -0.2) is 0 Å². The van der Waals surface area contributed by atoms with Gasteiger partial charge in [-0.1, -0.05) is 35.1 Å². The second kappa shape index (κ2) is 8.61. The topological polar surface area (TPSA) is 91.8 Å². The average molecular weight is 462 g/mol. The van der Waals surface area contributed by atoms with Gasteiger partial charge in [0.2, 0.25) is 16.9 Å². The van der Waals surface area contributed by atoms with E-state index in [1.807, 2.05) is 25.1 Å². The average Bonchev–Trinajstić information content (AvgIpc) is 3.43. The van der Waals surface area contributed by atoms with Gasteiger partial charge in [0, 0.05) is 5.56 Å². The first-order valence-electron chi connectivity index (χ1n) is 9.37. The number of halogens is 3. The van der Waals surface area contributed by atoms with Crippen LogP contribution < -0.4 is 4.74 Å². The number of rotatable bonds is 6. The molecule has 12 heteroatoms. The molecule has 4 rings (SSSR count). The normalized spacial score (nSPS) is 12.7. The molecule has 1 atom stereocenters. The van der Waals surface area contributed by atoms with Crippen LogP contribution in [0.1, 0.15) is 29.2 Å². The maximum Gasteiger partial charge on any atom is 0.416 e. The number of alkyl halides is 3. The van der Waals surface area contributed by atoms with E-state index in [1.54, 1.807) is 14.0 Å². The maximum absolute atomic E-state index is 13.0. The van der Waals surface area contributed by atoms with E-state index < -0.39 is 11.7 Å². The van der Waals surface area contributed by atoms with Crippen molar-refractivity contribution in [3.63, 3.8) is 0 Å². The van der Waals surface area contributed by atoms with Crippen molar-refractivity contribution in [2.75, 3.05) is 7.11 Å². The highest BCUT2D eigenvalue weighted by Crippen LogP contribution is 2.36. The molecule has 0 saturated carbocycles. The lowest BCUT2D eigenvalue weighted by Gasteiger charge is -2.11. The third-order valence-corrected chi connectivity index (χ3v) is 5.54. The van der Waals surface area contributed by atoms with E-state index in [9.17, 15) is 13.2 Å². The van der Waals surface area contributed by atoms with Crippen molar-refractivity contribution in [1.82, 2.24) is 30.3 Å². The summed E-state index contributed by atoms with van der Waals surface area (Å²) in [5, 5.41) is 15.8. The van der Waals surface area contributed by atoms with Gasteiger partial charge in [0.15, 0.2) is 0 Å². The fourth-order valence-corrected chi connectivity index (χ4v) is 3.76. The number of aryl methyl sites for hydroxylation is 1. The summed E-state index contributed by atoms with van der Waals surface area (Å²) in [7, 11) is 1.56. The molecule has 1 unspecified atom stereocenters. The molecular formula is C20H17F3N6O2S. The second-order valence-electron chi connectivity index (χ2n) is 6.84. The first kappa shape index (κ1) is 21.8. The van der Waals surface area contributed by atoms with E-state index in [1.165, 1.54) is 28.6 Å². The summed E-state index contributed by atoms with van der Waals surface area (Å²) >= 11 is 1.26. The molecule has 0 radical (unpaired) electrons. The molecule has 0 saturated heterocycles. The lowest BCUT2D eigenvalue weighted by Crippen LogP contribution is -2.04. The predicted molar refractivity (Wildman–Crippen MR) is 109 cm³/mol. The van der Waals surface area contributed by atoms with Gasteiger partial charge in [-0.05, 0) is 54.1 Å². The molecule has 0 spiro atoms. The van der Waals surface area contributed by atoms with Crippen LogP contribution in [0.2, 0.25) is 0 Å². The van der Waals surface area contributed by atoms with Crippen molar-refractivity contribution in [3.8, 4) is 22.8 Å². The minimum absolute atomic E-state index is 0.0681. The summed E-state index contributed by atoms with van der Waals surface area (Å²) in [6.45, 7) is 3.75. The van der Waals surface area contributed by atoms with Gasteiger partial charge in [-0.15, -0.1) is 5.10 Å². The molecule has 0 aliphatic heterocycles. The molecule has 0 amide bonds. The zero-order chi connectivity index (χ0) is 22.9. The largest absolute Gasteiger partial charge is 0.494 e. The monoisotopic (exact) mass is 462 g/mol. The lowest BCUT2D eigenvalue weighted by molar-refractivity contribution is -0.137. The second-order valence-corrected chi connectivity index (χ2v) is 8.15. The molecule has 0 N–H and O–H groups in total. The van der Waals surface area contributed by atoms with Crippen LogP contribution in [0.5, 0.6) is 5.75 Å².